The van der Waals surface area contributed by atoms with Crippen molar-refractivity contribution in [2.24, 2.45) is 0 Å². The van der Waals surface area contributed by atoms with Crippen molar-refractivity contribution in [2.45, 2.75) is 38.6 Å². The summed E-state index contributed by atoms with van der Waals surface area (Å²) in [7, 11) is 0. The number of nitriles is 1. The SMILES string of the molecule is CC[C@@H](C#N)NC(=O)CCCOCCc1ccccc1. The van der Waals surface area contributed by atoms with Gasteiger partial charge in [0.05, 0.1) is 12.7 Å². The third-order valence-corrected chi connectivity index (χ3v) is 2.97. The first-order chi connectivity index (χ1) is 9.76. The van der Waals surface area contributed by atoms with Crippen LogP contribution in [0.3, 0.4) is 0 Å². The summed E-state index contributed by atoms with van der Waals surface area (Å²) in [5.41, 5.74) is 1.25. The summed E-state index contributed by atoms with van der Waals surface area (Å²) in [5, 5.41) is 11.4. The molecular weight excluding hydrogens is 252 g/mol. The molecule has 0 bridgehead atoms. The third kappa shape index (κ3) is 6.91. The highest BCUT2D eigenvalue weighted by atomic mass is 16.5. The highest BCUT2D eigenvalue weighted by Crippen LogP contribution is 2.00. The van der Waals surface area contributed by atoms with Crippen molar-refractivity contribution in [2.75, 3.05) is 13.2 Å². The fraction of sp³-hybridized carbons (Fsp3) is 0.500. The van der Waals surface area contributed by atoms with Crippen LogP contribution in [-0.4, -0.2) is 25.2 Å². The van der Waals surface area contributed by atoms with Gasteiger partial charge in [0.1, 0.15) is 6.04 Å². The predicted octanol–water partition coefficient (Wildman–Crippen LogP) is 2.44. The Morgan fingerprint density at radius 1 is 1.35 bits per heavy atom. The van der Waals surface area contributed by atoms with E-state index < -0.39 is 0 Å². The number of nitrogens with one attached hydrogen (secondary N) is 1. The molecule has 0 fully saturated rings. The van der Waals surface area contributed by atoms with E-state index in [1.165, 1.54) is 5.56 Å². The van der Waals surface area contributed by atoms with E-state index in [2.05, 4.69) is 17.4 Å². The van der Waals surface area contributed by atoms with Gasteiger partial charge < -0.3 is 10.1 Å². The number of hydrogen-bond donors (Lipinski definition) is 1. The summed E-state index contributed by atoms with van der Waals surface area (Å²) in [4.78, 5) is 11.5. The van der Waals surface area contributed by atoms with Gasteiger partial charge in [-0.15, -0.1) is 0 Å². The molecule has 1 atom stereocenters. The molecule has 0 spiro atoms. The number of benzene rings is 1. The number of amides is 1. The lowest BCUT2D eigenvalue weighted by molar-refractivity contribution is -0.121. The Bertz CT molecular complexity index is 426. The van der Waals surface area contributed by atoms with Crippen LogP contribution >= 0.6 is 0 Å². The maximum absolute atomic E-state index is 11.5. The van der Waals surface area contributed by atoms with Crippen LogP contribution in [0.5, 0.6) is 0 Å². The zero-order valence-corrected chi connectivity index (χ0v) is 12.0. The van der Waals surface area contributed by atoms with E-state index in [1.54, 1.807) is 0 Å². The molecule has 0 saturated carbocycles. The van der Waals surface area contributed by atoms with E-state index in [9.17, 15) is 4.79 Å². The van der Waals surface area contributed by atoms with Gasteiger partial charge in [-0.1, -0.05) is 37.3 Å². The lowest BCUT2D eigenvalue weighted by Crippen LogP contribution is -2.33. The fourth-order valence-corrected chi connectivity index (χ4v) is 1.76. The number of carbonyl (C=O) groups is 1. The smallest absolute Gasteiger partial charge is 0.221 e. The van der Waals surface area contributed by atoms with Crippen LogP contribution in [0.4, 0.5) is 0 Å². The second kappa shape index (κ2) is 9.99. The summed E-state index contributed by atoms with van der Waals surface area (Å²) in [6.45, 7) is 3.12. The van der Waals surface area contributed by atoms with E-state index in [4.69, 9.17) is 10.00 Å². The minimum absolute atomic E-state index is 0.0786. The standard InChI is InChI=1S/C16H22N2O2/c1-2-15(13-17)18-16(19)9-6-11-20-12-10-14-7-4-3-5-8-14/h3-5,7-8,15H,2,6,9-12H2,1H3,(H,18,19)/t15-/m0/s1. The van der Waals surface area contributed by atoms with Gasteiger partial charge in [-0.2, -0.15) is 5.26 Å². The zero-order chi connectivity index (χ0) is 14.6. The summed E-state index contributed by atoms with van der Waals surface area (Å²) in [5.74, 6) is -0.0786. The summed E-state index contributed by atoms with van der Waals surface area (Å²) in [6.07, 6.45) is 2.61. The molecule has 0 aliphatic carbocycles. The van der Waals surface area contributed by atoms with Crippen molar-refractivity contribution < 1.29 is 9.53 Å². The van der Waals surface area contributed by atoms with Crippen LogP contribution in [-0.2, 0) is 16.0 Å². The maximum atomic E-state index is 11.5. The molecule has 0 aromatic heterocycles. The van der Waals surface area contributed by atoms with E-state index in [-0.39, 0.29) is 11.9 Å². The van der Waals surface area contributed by atoms with Gasteiger partial charge in [0.25, 0.3) is 0 Å². The Kier molecular flexibility index (Phi) is 8.09. The topological polar surface area (TPSA) is 62.1 Å². The molecule has 20 heavy (non-hydrogen) atoms. The van der Waals surface area contributed by atoms with Gasteiger partial charge in [-0.05, 0) is 24.8 Å². The van der Waals surface area contributed by atoms with Gasteiger partial charge in [0, 0.05) is 13.0 Å². The van der Waals surface area contributed by atoms with Gasteiger partial charge in [-0.25, -0.2) is 0 Å². The van der Waals surface area contributed by atoms with E-state index in [0.717, 1.165) is 6.42 Å². The first-order valence-corrected chi connectivity index (χ1v) is 7.07. The largest absolute Gasteiger partial charge is 0.381 e. The van der Waals surface area contributed by atoms with Crippen LogP contribution in [0.2, 0.25) is 0 Å². The molecular formula is C16H22N2O2. The molecule has 1 N–H and O–H groups in total. The average Bonchev–Trinajstić information content (AvgIpc) is 2.49. The van der Waals surface area contributed by atoms with Gasteiger partial charge in [0.15, 0.2) is 0 Å². The number of rotatable bonds is 9. The zero-order valence-electron chi connectivity index (χ0n) is 12.0. The van der Waals surface area contributed by atoms with Gasteiger partial charge in [0.2, 0.25) is 5.91 Å². The maximum Gasteiger partial charge on any atom is 0.221 e. The summed E-state index contributed by atoms with van der Waals surface area (Å²) < 4.78 is 5.50. The Balaban J connectivity index is 2.02. The minimum atomic E-state index is -0.374. The molecule has 1 amide bonds. The average molecular weight is 274 g/mol. The van der Waals surface area contributed by atoms with Crippen molar-refractivity contribution in [3.8, 4) is 6.07 Å². The van der Waals surface area contributed by atoms with Crippen molar-refractivity contribution in [1.29, 1.82) is 5.26 Å². The molecule has 0 aliphatic rings. The Morgan fingerprint density at radius 2 is 2.10 bits per heavy atom. The molecule has 0 radical (unpaired) electrons. The third-order valence-electron chi connectivity index (χ3n) is 2.97. The quantitative estimate of drug-likeness (QED) is 0.703. The Morgan fingerprint density at radius 3 is 2.75 bits per heavy atom. The fourth-order valence-electron chi connectivity index (χ4n) is 1.76. The first-order valence-electron chi connectivity index (χ1n) is 7.07. The normalized spacial score (nSPS) is 11.6. The van der Waals surface area contributed by atoms with Crippen LogP contribution in [0.1, 0.15) is 31.7 Å². The second-order valence-electron chi connectivity index (χ2n) is 4.61. The molecule has 0 aliphatic heterocycles. The predicted molar refractivity (Wildman–Crippen MR) is 78.0 cm³/mol. The van der Waals surface area contributed by atoms with E-state index >= 15 is 0 Å². The molecule has 108 valence electrons. The second-order valence-corrected chi connectivity index (χ2v) is 4.61. The van der Waals surface area contributed by atoms with E-state index in [1.807, 2.05) is 31.2 Å². The van der Waals surface area contributed by atoms with Gasteiger partial charge in [-0.3, -0.25) is 4.79 Å². The van der Waals surface area contributed by atoms with Crippen LogP contribution < -0.4 is 5.32 Å². The molecule has 4 nitrogen and oxygen atoms in total. The van der Waals surface area contributed by atoms with Crippen molar-refractivity contribution >= 4 is 5.91 Å². The lowest BCUT2D eigenvalue weighted by Gasteiger charge is -2.09. The van der Waals surface area contributed by atoms with Crippen molar-refractivity contribution in [3.05, 3.63) is 35.9 Å². The van der Waals surface area contributed by atoms with Crippen LogP contribution in [0.15, 0.2) is 30.3 Å². The molecule has 0 unspecified atom stereocenters. The molecule has 1 aromatic carbocycles. The van der Waals surface area contributed by atoms with Crippen molar-refractivity contribution in [1.82, 2.24) is 5.32 Å². The molecule has 1 rings (SSSR count). The van der Waals surface area contributed by atoms with Gasteiger partial charge >= 0.3 is 0 Å². The Hall–Kier alpha value is -1.86. The summed E-state index contributed by atoms with van der Waals surface area (Å²) >= 11 is 0. The van der Waals surface area contributed by atoms with E-state index in [0.29, 0.717) is 32.5 Å². The first kappa shape index (κ1) is 16.2. The minimum Gasteiger partial charge on any atom is -0.381 e. The number of hydrogen-bond acceptors (Lipinski definition) is 3. The summed E-state index contributed by atoms with van der Waals surface area (Å²) in [6, 6.07) is 11.8. The van der Waals surface area contributed by atoms with Crippen molar-refractivity contribution in [3.63, 3.8) is 0 Å². The number of carbonyl (C=O) groups excluding carboxylic acids is 1. The molecule has 1 aromatic rings. The number of nitrogens with zero attached hydrogens (tertiary/aromatic N) is 1. The van der Waals surface area contributed by atoms with Crippen LogP contribution in [0, 0.1) is 11.3 Å². The highest BCUT2D eigenvalue weighted by Gasteiger charge is 2.08. The molecule has 4 heteroatoms. The molecule has 0 saturated heterocycles. The lowest BCUT2D eigenvalue weighted by atomic mass is 10.2. The number of ether oxygens (including phenoxy) is 1. The van der Waals surface area contributed by atoms with Crippen LogP contribution in [0.25, 0.3) is 0 Å². The molecule has 0 heterocycles. The monoisotopic (exact) mass is 274 g/mol. The Labute approximate surface area is 120 Å². The highest BCUT2D eigenvalue weighted by molar-refractivity contribution is 5.76.